The van der Waals surface area contributed by atoms with E-state index in [9.17, 15) is 9.59 Å². The predicted octanol–water partition coefficient (Wildman–Crippen LogP) is 4.08. The molecular weight excluding hydrogens is 390 g/mol. The summed E-state index contributed by atoms with van der Waals surface area (Å²) in [6.45, 7) is 2.56. The molecule has 2 heterocycles. The molecule has 4 rings (SSSR count). The van der Waals surface area contributed by atoms with Crippen molar-refractivity contribution in [2.75, 3.05) is 18.6 Å². The Kier molecular flexibility index (Phi) is 5.11. The highest BCUT2D eigenvalue weighted by Crippen LogP contribution is 2.31. The number of benzene rings is 2. The first-order valence-electron chi connectivity index (χ1n) is 9.39. The Morgan fingerprint density at radius 2 is 2.03 bits per heavy atom. The zero-order valence-corrected chi connectivity index (χ0v) is 16.9. The third-order valence-corrected chi connectivity index (χ3v) is 5.36. The summed E-state index contributed by atoms with van der Waals surface area (Å²) in [5.41, 5.74) is 4.48. The molecule has 148 valence electrons. The van der Waals surface area contributed by atoms with Gasteiger partial charge >= 0.3 is 5.97 Å². The van der Waals surface area contributed by atoms with Gasteiger partial charge in [-0.1, -0.05) is 24.6 Å². The van der Waals surface area contributed by atoms with Gasteiger partial charge in [0.2, 0.25) is 0 Å². The molecule has 1 aliphatic heterocycles. The summed E-state index contributed by atoms with van der Waals surface area (Å²) in [5, 5.41) is 5.06. The Morgan fingerprint density at radius 1 is 1.21 bits per heavy atom. The molecule has 3 aromatic rings. The summed E-state index contributed by atoms with van der Waals surface area (Å²) in [6, 6.07) is 12.7. The van der Waals surface area contributed by atoms with E-state index in [1.807, 2.05) is 25.1 Å². The zero-order chi connectivity index (χ0) is 20.5. The minimum atomic E-state index is -0.381. The van der Waals surface area contributed by atoms with Gasteiger partial charge in [-0.15, -0.1) is 0 Å². The van der Waals surface area contributed by atoms with Gasteiger partial charge in [0.1, 0.15) is 0 Å². The fourth-order valence-electron chi connectivity index (χ4n) is 3.73. The summed E-state index contributed by atoms with van der Waals surface area (Å²) in [6.07, 6.45) is 2.95. The lowest BCUT2D eigenvalue weighted by Crippen LogP contribution is -2.29. The third kappa shape index (κ3) is 3.40. The molecule has 1 aliphatic rings. The highest BCUT2D eigenvalue weighted by molar-refractivity contribution is 6.30. The minimum absolute atomic E-state index is 0.0975. The van der Waals surface area contributed by atoms with Gasteiger partial charge < -0.3 is 9.64 Å². The van der Waals surface area contributed by atoms with Gasteiger partial charge in [0.25, 0.3) is 5.91 Å². The van der Waals surface area contributed by atoms with Crippen LogP contribution in [0.4, 0.5) is 5.69 Å². The van der Waals surface area contributed by atoms with Crippen LogP contribution in [0.3, 0.4) is 0 Å². The van der Waals surface area contributed by atoms with Crippen LogP contribution < -0.4 is 4.90 Å². The van der Waals surface area contributed by atoms with Crippen LogP contribution in [-0.2, 0) is 17.6 Å². The van der Waals surface area contributed by atoms with E-state index in [1.54, 1.807) is 40.0 Å². The van der Waals surface area contributed by atoms with E-state index in [2.05, 4.69) is 5.10 Å². The number of anilines is 1. The van der Waals surface area contributed by atoms with Crippen LogP contribution in [0.1, 0.15) is 38.9 Å². The Balaban J connectivity index is 1.68. The molecule has 0 atom stereocenters. The van der Waals surface area contributed by atoms with Crippen LogP contribution in [0.25, 0.3) is 5.69 Å². The summed E-state index contributed by atoms with van der Waals surface area (Å²) in [4.78, 5) is 26.8. The molecule has 1 amide bonds. The first kappa shape index (κ1) is 19.2. The lowest BCUT2D eigenvalue weighted by molar-refractivity contribution is 0.0600. The molecule has 1 aromatic heterocycles. The van der Waals surface area contributed by atoms with E-state index in [0.29, 0.717) is 35.5 Å². The standard InChI is InChI=1S/C22H20ClN3O3/c1-3-19-18(13-24-26(19)17-6-4-5-16(23)12-17)21(27)25-10-9-14-11-15(22(28)29-2)7-8-20(14)25/h4-8,11-13H,3,9-10H2,1-2H3. The van der Waals surface area contributed by atoms with Gasteiger partial charge in [0.15, 0.2) is 0 Å². The number of halogens is 1. The molecule has 0 saturated carbocycles. The number of methoxy groups -OCH3 is 1. The summed E-state index contributed by atoms with van der Waals surface area (Å²) in [7, 11) is 1.36. The average molecular weight is 410 g/mol. The maximum atomic E-state index is 13.3. The Morgan fingerprint density at radius 3 is 2.76 bits per heavy atom. The van der Waals surface area contributed by atoms with Crippen LogP contribution >= 0.6 is 11.6 Å². The van der Waals surface area contributed by atoms with Crippen molar-refractivity contribution < 1.29 is 14.3 Å². The molecular formula is C22H20ClN3O3. The average Bonchev–Trinajstić information content (AvgIpc) is 3.36. The fraction of sp³-hybridized carbons (Fsp3) is 0.227. The Hall–Kier alpha value is -3.12. The number of amides is 1. The van der Waals surface area contributed by atoms with Crippen LogP contribution in [0.15, 0.2) is 48.7 Å². The highest BCUT2D eigenvalue weighted by Gasteiger charge is 2.29. The minimum Gasteiger partial charge on any atom is -0.465 e. The van der Waals surface area contributed by atoms with Crippen molar-refractivity contribution >= 4 is 29.2 Å². The van der Waals surface area contributed by atoms with Crippen LogP contribution in [0.5, 0.6) is 0 Å². The van der Waals surface area contributed by atoms with E-state index in [1.165, 1.54) is 7.11 Å². The quantitative estimate of drug-likeness (QED) is 0.609. The van der Waals surface area contributed by atoms with Crippen molar-refractivity contribution in [3.05, 3.63) is 76.1 Å². The van der Waals surface area contributed by atoms with Gasteiger partial charge in [-0.3, -0.25) is 4.79 Å². The number of hydrogen-bond acceptors (Lipinski definition) is 4. The van der Waals surface area contributed by atoms with E-state index < -0.39 is 0 Å². The van der Waals surface area contributed by atoms with Crippen molar-refractivity contribution in [2.45, 2.75) is 19.8 Å². The van der Waals surface area contributed by atoms with Gasteiger partial charge in [0.05, 0.1) is 35.8 Å². The van der Waals surface area contributed by atoms with Gasteiger partial charge in [0, 0.05) is 17.3 Å². The summed E-state index contributed by atoms with van der Waals surface area (Å²) in [5.74, 6) is -0.478. The molecule has 0 spiro atoms. The van der Waals surface area contributed by atoms with Crippen LogP contribution in [-0.4, -0.2) is 35.3 Å². The van der Waals surface area contributed by atoms with Gasteiger partial charge in [-0.2, -0.15) is 5.10 Å². The number of hydrogen-bond donors (Lipinski definition) is 0. The smallest absolute Gasteiger partial charge is 0.337 e. The number of rotatable bonds is 4. The Bertz CT molecular complexity index is 1110. The normalized spacial score (nSPS) is 12.7. The molecule has 29 heavy (non-hydrogen) atoms. The second-order valence-electron chi connectivity index (χ2n) is 6.79. The highest BCUT2D eigenvalue weighted by atomic mass is 35.5. The number of esters is 1. The predicted molar refractivity (Wildman–Crippen MR) is 111 cm³/mol. The molecule has 0 aliphatic carbocycles. The monoisotopic (exact) mass is 409 g/mol. The number of aromatic nitrogens is 2. The lowest BCUT2D eigenvalue weighted by Gasteiger charge is -2.18. The molecule has 2 aromatic carbocycles. The largest absolute Gasteiger partial charge is 0.465 e. The summed E-state index contributed by atoms with van der Waals surface area (Å²) >= 11 is 6.12. The van der Waals surface area contributed by atoms with Crippen molar-refractivity contribution in [1.82, 2.24) is 9.78 Å². The fourth-order valence-corrected chi connectivity index (χ4v) is 3.91. The molecule has 0 unspecified atom stereocenters. The molecule has 7 heteroatoms. The van der Waals surface area contributed by atoms with Crippen LogP contribution in [0, 0.1) is 0 Å². The maximum Gasteiger partial charge on any atom is 0.337 e. The zero-order valence-electron chi connectivity index (χ0n) is 16.2. The Labute approximate surface area is 173 Å². The van der Waals surface area contributed by atoms with Gasteiger partial charge in [-0.05, 0) is 54.8 Å². The second-order valence-corrected chi connectivity index (χ2v) is 7.23. The van der Waals surface area contributed by atoms with E-state index in [4.69, 9.17) is 16.3 Å². The molecule has 0 N–H and O–H groups in total. The first-order valence-corrected chi connectivity index (χ1v) is 9.77. The third-order valence-electron chi connectivity index (χ3n) is 5.13. The first-order chi connectivity index (χ1) is 14.0. The molecule has 0 bridgehead atoms. The SMILES string of the molecule is CCc1c(C(=O)N2CCc3cc(C(=O)OC)ccc32)cnn1-c1cccc(Cl)c1. The molecule has 6 nitrogen and oxygen atoms in total. The van der Waals surface area contributed by atoms with E-state index >= 15 is 0 Å². The van der Waals surface area contributed by atoms with Crippen molar-refractivity contribution in [2.24, 2.45) is 0 Å². The summed E-state index contributed by atoms with van der Waals surface area (Å²) < 4.78 is 6.54. The van der Waals surface area contributed by atoms with Crippen molar-refractivity contribution in [1.29, 1.82) is 0 Å². The molecule has 0 radical (unpaired) electrons. The topological polar surface area (TPSA) is 64.4 Å². The number of nitrogens with zero attached hydrogens (tertiary/aromatic N) is 3. The van der Waals surface area contributed by atoms with E-state index in [0.717, 1.165) is 22.6 Å². The molecule has 0 fully saturated rings. The second kappa shape index (κ2) is 7.72. The van der Waals surface area contributed by atoms with Crippen molar-refractivity contribution in [3.8, 4) is 5.69 Å². The number of fused-ring (bicyclic) bond motifs is 1. The number of carbonyl (C=O) groups is 2. The molecule has 0 saturated heterocycles. The van der Waals surface area contributed by atoms with Gasteiger partial charge in [-0.25, -0.2) is 9.48 Å². The lowest BCUT2D eigenvalue weighted by atomic mass is 10.1. The number of carbonyl (C=O) groups excluding carboxylic acids is 2. The van der Waals surface area contributed by atoms with Crippen molar-refractivity contribution in [3.63, 3.8) is 0 Å². The number of ether oxygens (including phenoxy) is 1. The van der Waals surface area contributed by atoms with Crippen LogP contribution in [0.2, 0.25) is 5.02 Å². The maximum absolute atomic E-state index is 13.3. The van der Waals surface area contributed by atoms with E-state index in [-0.39, 0.29) is 11.9 Å².